The maximum atomic E-state index is 14.6. The van der Waals surface area contributed by atoms with Crippen molar-refractivity contribution in [1.29, 1.82) is 0 Å². The number of nitrogens with zero attached hydrogens (tertiary/aromatic N) is 4. The van der Waals surface area contributed by atoms with Crippen LogP contribution in [0.4, 0.5) is 27.8 Å². The normalized spacial score (nSPS) is 19.1. The summed E-state index contributed by atoms with van der Waals surface area (Å²) >= 11 is 0. The van der Waals surface area contributed by atoms with Gasteiger partial charge in [-0.2, -0.15) is 18.2 Å². The van der Waals surface area contributed by atoms with Gasteiger partial charge in [-0.3, -0.25) is 4.57 Å². The first-order chi connectivity index (χ1) is 17.0. The first kappa shape index (κ1) is 24.0. The Balaban J connectivity index is 1.30. The summed E-state index contributed by atoms with van der Waals surface area (Å²) in [6.45, 7) is 3.66. The fourth-order valence-electron chi connectivity index (χ4n) is 4.25. The quantitative estimate of drug-likeness (QED) is 0.482. The molecule has 2 aliphatic heterocycles. The van der Waals surface area contributed by atoms with E-state index in [1.54, 1.807) is 6.07 Å². The van der Waals surface area contributed by atoms with E-state index in [0.29, 0.717) is 38.2 Å². The van der Waals surface area contributed by atoms with Gasteiger partial charge in [0, 0.05) is 12.6 Å². The van der Waals surface area contributed by atoms with Crippen molar-refractivity contribution in [2.75, 3.05) is 24.7 Å². The summed E-state index contributed by atoms with van der Waals surface area (Å²) in [4.78, 5) is 21.7. The van der Waals surface area contributed by atoms with Gasteiger partial charge in [0.1, 0.15) is 23.9 Å². The highest BCUT2D eigenvalue weighted by Crippen LogP contribution is 2.36. The number of aromatic nitrogens is 3. The lowest BCUT2D eigenvalue weighted by Gasteiger charge is -2.39. The molecule has 36 heavy (non-hydrogen) atoms. The van der Waals surface area contributed by atoms with Gasteiger partial charge >= 0.3 is 11.9 Å². The van der Waals surface area contributed by atoms with Crippen molar-refractivity contribution in [3.05, 3.63) is 69.9 Å². The Labute approximate surface area is 200 Å². The minimum absolute atomic E-state index is 0.000960. The van der Waals surface area contributed by atoms with Crippen molar-refractivity contribution >= 4 is 5.82 Å². The van der Waals surface area contributed by atoms with Crippen LogP contribution in [0.25, 0.3) is 0 Å². The molecule has 0 aliphatic carbocycles. The van der Waals surface area contributed by atoms with Crippen molar-refractivity contribution in [3.8, 4) is 17.4 Å². The Hall–Kier alpha value is -3.74. The molecule has 1 unspecified atom stereocenters. The van der Waals surface area contributed by atoms with Crippen LogP contribution in [-0.4, -0.2) is 39.8 Å². The van der Waals surface area contributed by atoms with Gasteiger partial charge in [-0.1, -0.05) is 0 Å². The molecule has 2 aliphatic rings. The summed E-state index contributed by atoms with van der Waals surface area (Å²) in [5.41, 5.74) is -1.97. The number of morpholine rings is 1. The predicted molar refractivity (Wildman–Crippen MR) is 115 cm³/mol. The average molecular weight is 510 g/mol. The molecule has 1 fully saturated rings. The van der Waals surface area contributed by atoms with Gasteiger partial charge in [0.05, 0.1) is 31.5 Å². The van der Waals surface area contributed by atoms with Crippen LogP contribution in [-0.2, 0) is 24.1 Å². The van der Waals surface area contributed by atoms with E-state index in [9.17, 15) is 26.7 Å². The fraction of sp³-hybridized carbons (Fsp3) is 0.348. The molecule has 0 N–H and O–H groups in total. The number of hydrogen-bond acceptors (Lipinski definition) is 7. The van der Waals surface area contributed by atoms with E-state index >= 15 is 0 Å². The van der Waals surface area contributed by atoms with Crippen molar-refractivity contribution in [1.82, 2.24) is 14.5 Å². The molecule has 8 nitrogen and oxygen atoms in total. The molecule has 1 atom stereocenters. The van der Waals surface area contributed by atoms with Crippen molar-refractivity contribution in [2.24, 2.45) is 0 Å². The smallest absolute Gasteiger partial charge is 0.433 e. The van der Waals surface area contributed by atoms with Gasteiger partial charge in [0.15, 0.2) is 17.4 Å². The Kier molecular flexibility index (Phi) is 5.81. The number of fused-ring (bicyclic) bond motifs is 3. The maximum absolute atomic E-state index is 14.6. The molecule has 1 aromatic carbocycles. The van der Waals surface area contributed by atoms with E-state index in [-0.39, 0.29) is 29.3 Å². The van der Waals surface area contributed by atoms with Crippen molar-refractivity contribution < 1.29 is 36.2 Å². The third kappa shape index (κ3) is 4.45. The molecule has 1 saturated heterocycles. The third-order valence-corrected chi connectivity index (χ3v) is 5.96. The second kappa shape index (κ2) is 8.73. The summed E-state index contributed by atoms with van der Waals surface area (Å²) in [7, 11) is 0. The maximum Gasteiger partial charge on any atom is 0.433 e. The number of rotatable bonds is 5. The van der Waals surface area contributed by atoms with Crippen LogP contribution in [0.5, 0.6) is 17.4 Å². The minimum Gasteiger partial charge on any atom is -0.473 e. The summed E-state index contributed by atoms with van der Waals surface area (Å²) in [5.74, 6) is -2.65. The standard InChI is InChI=1S/C23H19F5N4O4/c1-22-11-31-19(32(22)4-5-34-12-22)8-18(30-21(31)33)35-10-13-6-15(24)20(16(25)7-13)36-14-2-3-17(29-9-14)23(26,27)28/h2-3,6-9H,4-5,10-12H2,1H3. The first-order valence-electron chi connectivity index (χ1n) is 10.8. The number of halogens is 5. The first-order valence-corrected chi connectivity index (χ1v) is 10.8. The van der Waals surface area contributed by atoms with Crippen LogP contribution in [0.1, 0.15) is 18.2 Å². The molecule has 13 heteroatoms. The highest BCUT2D eigenvalue weighted by Gasteiger charge is 2.43. The van der Waals surface area contributed by atoms with Crippen molar-refractivity contribution in [2.45, 2.75) is 31.8 Å². The largest absolute Gasteiger partial charge is 0.473 e. The zero-order chi connectivity index (χ0) is 25.7. The summed E-state index contributed by atoms with van der Waals surface area (Å²) < 4.78 is 84.7. The summed E-state index contributed by atoms with van der Waals surface area (Å²) in [5, 5.41) is 0. The predicted octanol–water partition coefficient (Wildman–Crippen LogP) is 3.92. The van der Waals surface area contributed by atoms with Crippen LogP contribution in [0.2, 0.25) is 0 Å². The molecular weight excluding hydrogens is 491 g/mol. The second-order valence-corrected chi connectivity index (χ2v) is 8.68. The molecule has 2 aromatic heterocycles. The number of benzene rings is 1. The highest BCUT2D eigenvalue weighted by atomic mass is 19.4. The fourth-order valence-corrected chi connectivity index (χ4v) is 4.25. The lowest BCUT2D eigenvalue weighted by Crippen LogP contribution is -2.53. The number of hydrogen-bond donors (Lipinski definition) is 0. The van der Waals surface area contributed by atoms with E-state index in [1.807, 2.05) is 11.8 Å². The molecule has 3 aromatic rings. The summed E-state index contributed by atoms with van der Waals surface area (Å²) in [6, 6.07) is 5.05. The van der Waals surface area contributed by atoms with Crippen LogP contribution in [0.15, 0.2) is 41.3 Å². The van der Waals surface area contributed by atoms with Gasteiger partial charge in [-0.05, 0) is 36.8 Å². The monoisotopic (exact) mass is 510 g/mol. The Morgan fingerprint density at radius 1 is 1.17 bits per heavy atom. The van der Waals surface area contributed by atoms with Crippen molar-refractivity contribution in [3.63, 3.8) is 0 Å². The zero-order valence-electron chi connectivity index (χ0n) is 18.8. The van der Waals surface area contributed by atoms with Gasteiger partial charge in [-0.25, -0.2) is 18.6 Å². The highest BCUT2D eigenvalue weighted by molar-refractivity contribution is 5.50. The molecule has 190 valence electrons. The molecule has 0 spiro atoms. The van der Waals surface area contributed by atoms with Gasteiger partial charge < -0.3 is 19.1 Å². The summed E-state index contributed by atoms with van der Waals surface area (Å²) in [6.07, 6.45) is -3.94. The van der Waals surface area contributed by atoms with Gasteiger partial charge in [0.2, 0.25) is 5.88 Å². The van der Waals surface area contributed by atoms with Gasteiger partial charge in [0.25, 0.3) is 0 Å². The number of ether oxygens (including phenoxy) is 3. The molecule has 0 radical (unpaired) electrons. The van der Waals surface area contributed by atoms with Crippen LogP contribution in [0, 0.1) is 11.6 Å². The Bertz CT molecular complexity index is 1340. The molecule has 4 heterocycles. The molecule has 0 saturated carbocycles. The SMILES string of the molecule is CC12COCCN1c1cc(OCc3cc(F)c(Oc4ccc(C(F)(F)F)nc4)c(F)c3)nc(=O)n1C2. The third-order valence-electron chi connectivity index (χ3n) is 5.96. The number of alkyl halides is 3. The lowest BCUT2D eigenvalue weighted by atomic mass is 10.0. The average Bonchev–Trinajstić information content (AvgIpc) is 3.13. The Morgan fingerprint density at radius 3 is 2.58 bits per heavy atom. The van der Waals surface area contributed by atoms with E-state index in [0.717, 1.165) is 24.4 Å². The van der Waals surface area contributed by atoms with E-state index < -0.39 is 34.9 Å². The van der Waals surface area contributed by atoms with Gasteiger partial charge in [-0.15, -0.1) is 0 Å². The number of pyridine rings is 1. The van der Waals surface area contributed by atoms with Crippen LogP contribution in [0.3, 0.4) is 0 Å². The minimum atomic E-state index is -4.65. The second-order valence-electron chi connectivity index (χ2n) is 8.68. The lowest BCUT2D eigenvalue weighted by molar-refractivity contribution is -0.141. The van der Waals surface area contributed by atoms with E-state index in [1.165, 1.54) is 4.57 Å². The topological polar surface area (TPSA) is 78.7 Å². The Morgan fingerprint density at radius 2 is 1.92 bits per heavy atom. The zero-order valence-corrected chi connectivity index (χ0v) is 18.8. The molecule has 0 bridgehead atoms. The molecule has 0 amide bonds. The number of anilines is 1. The molecular formula is C23H19F5N4O4. The van der Waals surface area contributed by atoms with E-state index in [2.05, 4.69) is 9.97 Å². The molecule has 5 rings (SSSR count). The van der Waals surface area contributed by atoms with Crippen LogP contribution < -0.4 is 20.1 Å². The van der Waals surface area contributed by atoms with E-state index in [4.69, 9.17) is 14.2 Å². The van der Waals surface area contributed by atoms with Crippen LogP contribution >= 0.6 is 0 Å².